The van der Waals surface area contributed by atoms with Gasteiger partial charge in [0.05, 0.1) is 18.3 Å². The molecule has 5 nitrogen and oxygen atoms in total. The first-order valence-corrected chi connectivity index (χ1v) is 10.1. The van der Waals surface area contributed by atoms with E-state index in [4.69, 9.17) is 4.74 Å². The lowest BCUT2D eigenvalue weighted by atomic mass is 9.91. The van der Waals surface area contributed by atoms with Gasteiger partial charge >= 0.3 is 5.97 Å². The summed E-state index contributed by atoms with van der Waals surface area (Å²) >= 11 is 1.33. The van der Waals surface area contributed by atoms with Gasteiger partial charge in [-0.2, -0.15) is 0 Å². The maximum absolute atomic E-state index is 12.0. The number of thiazole rings is 1. The number of esters is 1. The number of allylic oxidation sites excluding steroid dienone is 2. The lowest BCUT2D eigenvalue weighted by molar-refractivity contribution is 0.0531. The summed E-state index contributed by atoms with van der Waals surface area (Å²) in [5, 5.41) is 4.06. The van der Waals surface area contributed by atoms with Crippen LogP contribution in [0.2, 0.25) is 0 Å². The zero-order valence-electron chi connectivity index (χ0n) is 15.7. The normalized spacial score (nSPS) is 19.7. The maximum atomic E-state index is 12.0. The third-order valence-corrected chi connectivity index (χ3v) is 6.06. The molecule has 0 saturated carbocycles. The van der Waals surface area contributed by atoms with E-state index < -0.39 is 0 Å². The monoisotopic (exact) mass is 381 g/mol. The number of anilines is 3. The summed E-state index contributed by atoms with van der Waals surface area (Å²) in [6.45, 7) is 7.18. The minimum atomic E-state index is -0.310. The second-order valence-electron chi connectivity index (χ2n) is 6.62. The lowest BCUT2D eigenvalue weighted by Gasteiger charge is -2.27. The zero-order valence-corrected chi connectivity index (χ0v) is 16.5. The second-order valence-corrected chi connectivity index (χ2v) is 7.62. The van der Waals surface area contributed by atoms with Crippen molar-refractivity contribution in [3.8, 4) is 0 Å². The molecule has 1 N–H and O–H groups in total. The molecule has 1 aromatic heterocycles. The van der Waals surface area contributed by atoms with E-state index in [1.54, 1.807) is 6.92 Å². The van der Waals surface area contributed by atoms with Crippen LogP contribution < -0.4 is 10.2 Å². The molecular weight excluding hydrogens is 358 g/mol. The number of aromatic nitrogens is 1. The molecule has 0 fully saturated rings. The number of hydrogen-bond donors (Lipinski definition) is 1. The average molecular weight is 382 g/mol. The van der Waals surface area contributed by atoms with Crippen LogP contribution in [0, 0.1) is 6.92 Å². The molecule has 1 aromatic carbocycles. The Kier molecular flexibility index (Phi) is 4.74. The van der Waals surface area contributed by atoms with Crippen molar-refractivity contribution in [1.82, 2.24) is 4.98 Å². The highest BCUT2D eigenvalue weighted by Crippen LogP contribution is 2.45. The number of benzene rings is 1. The summed E-state index contributed by atoms with van der Waals surface area (Å²) in [7, 11) is 0. The number of nitrogens with zero attached hydrogens (tertiary/aromatic N) is 2. The summed E-state index contributed by atoms with van der Waals surface area (Å²) in [6.07, 6.45) is 8.80. The molecule has 2 heterocycles. The second kappa shape index (κ2) is 7.19. The molecule has 27 heavy (non-hydrogen) atoms. The summed E-state index contributed by atoms with van der Waals surface area (Å²) in [4.78, 5) is 19.5. The summed E-state index contributed by atoms with van der Waals surface area (Å²) < 4.78 is 5.10. The molecular formula is C21H23N3O2S. The summed E-state index contributed by atoms with van der Waals surface area (Å²) in [5.74, 6) is 0.0647. The number of fused-ring (bicyclic) bond motifs is 3. The smallest absolute Gasteiger partial charge is 0.350 e. The predicted octanol–water partition coefficient (Wildman–Crippen LogP) is 4.79. The van der Waals surface area contributed by atoms with Gasteiger partial charge < -0.3 is 15.0 Å². The van der Waals surface area contributed by atoms with E-state index in [0.717, 1.165) is 12.2 Å². The quantitative estimate of drug-likeness (QED) is 0.755. The van der Waals surface area contributed by atoms with Crippen molar-refractivity contribution in [2.24, 2.45) is 0 Å². The summed E-state index contributed by atoms with van der Waals surface area (Å²) in [6, 6.07) is 6.84. The molecule has 2 atom stereocenters. The van der Waals surface area contributed by atoms with E-state index in [0.29, 0.717) is 34.3 Å². The Hall–Kier alpha value is -2.60. The first-order chi connectivity index (χ1) is 13.1. The first kappa shape index (κ1) is 17.8. The van der Waals surface area contributed by atoms with E-state index in [9.17, 15) is 4.79 Å². The Morgan fingerprint density at radius 3 is 2.89 bits per heavy atom. The highest BCUT2D eigenvalue weighted by atomic mass is 32.1. The number of hydrogen-bond acceptors (Lipinski definition) is 6. The Bertz CT molecular complexity index is 932. The first-order valence-electron chi connectivity index (χ1n) is 9.29. The van der Waals surface area contributed by atoms with Crippen molar-refractivity contribution < 1.29 is 9.53 Å². The SMILES string of the molecule is CCOC(=O)c1sc(Nc2ccc3c(c2)C2C=CC=CC2N3CC)nc1C. The molecule has 0 spiro atoms. The molecule has 1 aliphatic carbocycles. The van der Waals surface area contributed by atoms with Gasteiger partial charge in [-0.05, 0) is 44.5 Å². The van der Waals surface area contributed by atoms with Crippen molar-refractivity contribution in [3.05, 3.63) is 58.6 Å². The zero-order chi connectivity index (χ0) is 19.0. The molecule has 0 bridgehead atoms. The van der Waals surface area contributed by atoms with Gasteiger partial charge in [-0.15, -0.1) is 0 Å². The molecule has 0 amide bonds. The van der Waals surface area contributed by atoms with Crippen LogP contribution >= 0.6 is 11.3 Å². The number of carbonyl (C=O) groups is 1. The van der Waals surface area contributed by atoms with Gasteiger partial charge in [0.25, 0.3) is 0 Å². The molecule has 140 valence electrons. The highest BCUT2D eigenvalue weighted by molar-refractivity contribution is 7.17. The number of ether oxygens (including phenoxy) is 1. The molecule has 4 rings (SSSR count). The fraction of sp³-hybridized carbons (Fsp3) is 0.333. The van der Waals surface area contributed by atoms with Crippen LogP contribution in [0.15, 0.2) is 42.5 Å². The summed E-state index contributed by atoms with van der Waals surface area (Å²) in [5.41, 5.74) is 4.29. The van der Waals surface area contributed by atoms with Crippen LogP contribution in [0.25, 0.3) is 0 Å². The van der Waals surface area contributed by atoms with Crippen molar-refractivity contribution in [1.29, 1.82) is 0 Å². The Labute approximate surface area is 163 Å². The topological polar surface area (TPSA) is 54.5 Å². The number of rotatable bonds is 5. The molecule has 1 aliphatic heterocycles. The van der Waals surface area contributed by atoms with Crippen LogP contribution in [0.1, 0.15) is 40.7 Å². The molecule has 0 radical (unpaired) electrons. The Morgan fingerprint density at radius 2 is 2.11 bits per heavy atom. The predicted molar refractivity (Wildman–Crippen MR) is 110 cm³/mol. The van der Waals surface area contributed by atoms with Crippen LogP contribution in [-0.4, -0.2) is 30.1 Å². The van der Waals surface area contributed by atoms with Gasteiger partial charge in [0.15, 0.2) is 5.13 Å². The average Bonchev–Trinajstić information content (AvgIpc) is 3.19. The van der Waals surface area contributed by atoms with Crippen molar-refractivity contribution in [3.63, 3.8) is 0 Å². The molecule has 2 aromatic rings. The Morgan fingerprint density at radius 1 is 1.30 bits per heavy atom. The van der Waals surface area contributed by atoms with Gasteiger partial charge in [0.1, 0.15) is 4.88 Å². The Balaban J connectivity index is 1.61. The standard InChI is InChI=1S/C21H23N3O2S/c1-4-24-17-9-7-6-8-15(17)16-12-14(10-11-18(16)24)23-21-22-13(3)19(27-21)20(25)26-5-2/h6-12,15,17H,4-5H2,1-3H3,(H,22,23). The minimum absolute atomic E-state index is 0.310. The van der Waals surface area contributed by atoms with E-state index in [-0.39, 0.29) is 5.97 Å². The van der Waals surface area contributed by atoms with E-state index in [2.05, 4.69) is 64.6 Å². The van der Waals surface area contributed by atoms with Crippen LogP contribution in [0.3, 0.4) is 0 Å². The van der Waals surface area contributed by atoms with Crippen molar-refractivity contribution >= 4 is 33.8 Å². The fourth-order valence-corrected chi connectivity index (χ4v) is 4.72. The van der Waals surface area contributed by atoms with Crippen LogP contribution in [0.4, 0.5) is 16.5 Å². The highest BCUT2D eigenvalue weighted by Gasteiger charge is 2.35. The number of nitrogens with one attached hydrogen (secondary N) is 1. The number of likely N-dealkylation sites (N-methyl/N-ethyl adjacent to an activating group) is 1. The van der Waals surface area contributed by atoms with E-state index in [1.165, 1.54) is 22.6 Å². The van der Waals surface area contributed by atoms with Gasteiger partial charge in [-0.1, -0.05) is 35.6 Å². The van der Waals surface area contributed by atoms with Crippen molar-refractivity contribution in [2.75, 3.05) is 23.4 Å². The van der Waals surface area contributed by atoms with E-state index >= 15 is 0 Å². The number of carbonyl (C=O) groups excluding carboxylic acids is 1. The van der Waals surface area contributed by atoms with Crippen molar-refractivity contribution in [2.45, 2.75) is 32.7 Å². The lowest BCUT2D eigenvalue weighted by Crippen LogP contribution is -2.32. The third-order valence-electron chi connectivity index (χ3n) is 5.01. The maximum Gasteiger partial charge on any atom is 0.350 e. The minimum Gasteiger partial charge on any atom is -0.462 e. The van der Waals surface area contributed by atoms with E-state index in [1.807, 2.05) is 6.92 Å². The number of aryl methyl sites for hydroxylation is 1. The van der Waals surface area contributed by atoms with Crippen LogP contribution in [0.5, 0.6) is 0 Å². The van der Waals surface area contributed by atoms with Gasteiger partial charge in [-0.25, -0.2) is 9.78 Å². The largest absolute Gasteiger partial charge is 0.462 e. The van der Waals surface area contributed by atoms with Gasteiger partial charge in [0, 0.05) is 23.8 Å². The molecule has 2 unspecified atom stereocenters. The fourth-order valence-electron chi connectivity index (χ4n) is 3.84. The van der Waals surface area contributed by atoms with Gasteiger partial charge in [0.2, 0.25) is 0 Å². The molecule has 6 heteroatoms. The van der Waals surface area contributed by atoms with Gasteiger partial charge in [-0.3, -0.25) is 0 Å². The van der Waals surface area contributed by atoms with Crippen LogP contribution in [-0.2, 0) is 4.74 Å². The molecule has 2 aliphatic rings. The molecule has 0 saturated heterocycles. The third kappa shape index (κ3) is 3.14.